The molecule has 9 heteroatoms. The third-order valence-corrected chi connectivity index (χ3v) is 3.15. The number of carbonyl (C=O) groups excluding carboxylic acids is 1. The number of amides is 1. The highest BCUT2D eigenvalue weighted by molar-refractivity contribution is 6.12. The van der Waals surface area contributed by atoms with Gasteiger partial charge in [0.15, 0.2) is 11.5 Å². The van der Waals surface area contributed by atoms with E-state index in [1.807, 2.05) is 0 Å². The fraction of sp³-hybridized carbons (Fsp3) is 0.167. The maximum absolute atomic E-state index is 11.7. The summed E-state index contributed by atoms with van der Waals surface area (Å²) in [5, 5.41) is 11.2. The van der Waals surface area contributed by atoms with Crippen molar-refractivity contribution in [2.24, 2.45) is 10.7 Å². The second-order valence-corrected chi connectivity index (χ2v) is 4.39. The van der Waals surface area contributed by atoms with Gasteiger partial charge in [-0.2, -0.15) is 4.99 Å². The Balaban J connectivity index is 2.11. The second kappa shape index (κ2) is 4.47. The number of hydrogen-bond donors (Lipinski definition) is 1. The Morgan fingerprint density at radius 2 is 2.10 bits per heavy atom. The summed E-state index contributed by atoms with van der Waals surface area (Å²) in [6.45, 7) is 0.00139. The number of nitro groups is 1. The molecule has 108 valence electrons. The molecule has 21 heavy (non-hydrogen) atoms. The van der Waals surface area contributed by atoms with Gasteiger partial charge >= 0.3 is 0 Å². The van der Waals surface area contributed by atoms with E-state index in [-0.39, 0.29) is 29.7 Å². The molecule has 1 amide bonds. The molecule has 0 atom stereocenters. The first-order valence-corrected chi connectivity index (χ1v) is 5.89. The lowest BCUT2D eigenvalue weighted by molar-refractivity contribution is -0.385. The van der Waals surface area contributed by atoms with Crippen molar-refractivity contribution in [1.29, 1.82) is 0 Å². The van der Waals surface area contributed by atoms with Gasteiger partial charge in [-0.3, -0.25) is 14.9 Å². The van der Waals surface area contributed by atoms with Gasteiger partial charge in [0.2, 0.25) is 12.8 Å². The lowest BCUT2D eigenvalue weighted by Gasteiger charge is -2.11. The number of fused-ring (bicyclic) bond motifs is 1. The molecule has 2 aliphatic rings. The van der Waals surface area contributed by atoms with Crippen LogP contribution in [0, 0.1) is 10.1 Å². The van der Waals surface area contributed by atoms with Crippen molar-refractivity contribution >= 4 is 23.6 Å². The fourth-order valence-corrected chi connectivity index (χ4v) is 2.03. The van der Waals surface area contributed by atoms with Crippen molar-refractivity contribution in [2.75, 3.05) is 13.8 Å². The van der Waals surface area contributed by atoms with Gasteiger partial charge < -0.3 is 20.1 Å². The van der Waals surface area contributed by atoms with Crippen LogP contribution in [0.25, 0.3) is 6.08 Å². The molecule has 9 nitrogen and oxygen atoms in total. The van der Waals surface area contributed by atoms with Crippen LogP contribution < -0.4 is 15.2 Å². The number of benzene rings is 1. The number of carbonyl (C=O) groups is 1. The summed E-state index contributed by atoms with van der Waals surface area (Å²) >= 11 is 0. The Labute approximate surface area is 118 Å². The van der Waals surface area contributed by atoms with E-state index in [0.717, 1.165) is 0 Å². The monoisotopic (exact) mass is 290 g/mol. The van der Waals surface area contributed by atoms with Crippen molar-refractivity contribution in [3.8, 4) is 11.5 Å². The fourth-order valence-electron chi connectivity index (χ4n) is 2.03. The Morgan fingerprint density at radius 3 is 2.67 bits per heavy atom. The van der Waals surface area contributed by atoms with Crippen molar-refractivity contribution in [1.82, 2.24) is 4.90 Å². The van der Waals surface area contributed by atoms with E-state index in [9.17, 15) is 14.9 Å². The molecule has 0 saturated carbocycles. The molecule has 2 N–H and O–H groups in total. The SMILES string of the molecule is CN1C(N)=NC(=O)/C1=C/c1cc2c(cc1[N+](=O)[O-])OCO2. The van der Waals surface area contributed by atoms with Crippen LogP contribution in [0.5, 0.6) is 11.5 Å². The Morgan fingerprint density at radius 1 is 1.43 bits per heavy atom. The van der Waals surface area contributed by atoms with Crippen LogP contribution >= 0.6 is 0 Å². The van der Waals surface area contributed by atoms with E-state index >= 15 is 0 Å². The molecular weight excluding hydrogens is 280 g/mol. The van der Waals surface area contributed by atoms with Gasteiger partial charge in [0.1, 0.15) is 5.70 Å². The van der Waals surface area contributed by atoms with Crippen molar-refractivity contribution < 1.29 is 19.2 Å². The minimum Gasteiger partial charge on any atom is -0.454 e. The number of guanidine groups is 1. The highest BCUT2D eigenvalue weighted by Gasteiger charge is 2.27. The molecule has 0 aromatic heterocycles. The van der Waals surface area contributed by atoms with Crippen molar-refractivity contribution in [3.05, 3.63) is 33.5 Å². The van der Waals surface area contributed by atoms with E-state index in [1.54, 1.807) is 7.05 Å². The predicted octanol–water partition coefficient (Wildman–Crippen LogP) is 0.451. The van der Waals surface area contributed by atoms with Crippen LogP contribution in [-0.4, -0.2) is 35.5 Å². The summed E-state index contributed by atoms with van der Waals surface area (Å²) in [7, 11) is 1.55. The first-order chi connectivity index (χ1) is 9.97. The molecule has 2 heterocycles. The van der Waals surface area contributed by atoms with Gasteiger partial charge in [-0.25, -0.2) is 0 Å². The molecule has 0 radical (unpaired) electrons. The average Bonchev–Trinajstić information content (AvgIpc) is 2.97. The topological polar surface area (TPSA) is 120 Å². The maximum Gasteiger partial charge on any atom is 0.296 e. The number of rotatable bonds is 2. The molecule has 3 rings (SSSR count). The van der Waals surface area contributed by atoms with Crippen LogP contribution in [0.1, 0.15) is 5.56 Å². The highest BCUT2D eigenvalue weighted by atomic mass is 16.7. The van der Waals surface area contributed by atoms with Gasteiger partial charge in [0.25, 0.3) is 11.6 Å². The Kier molecular flexibility index (Phi) is 2.75. The molecule has 0 spiro atoms. The average molecular weight is 290 g/mol. The van der Waals surface area contributed by atoms with Gasteiger partial charge in [0, 0.05) is 7.05 Å². The number of nitro benzene ring substituents is 1. The zero-order valence-corrected chi connectivity index (χ0v) is 10.9. The molecule has 0 bridgehead atoms. The predicted molar refractivity (Wildman–Crippen MR) is 71.6 cm³/mol. The molecular formula is C12H10N4O5. The summed E-state index contributed by atoms with van der Waals surface area (Å²) < 4.78 is 10.3. The van der Waals surface area contributed by atoms with Crippen LogP contribution in [0.15, 0.2) is 22.8 Å². The quantitative estimate of drug-likeness (QED) is 0.477. The largest absolute Gasteiger partial charge is 0.454 e. The summed E-state index contributed by atoms with van der Waals surface area (Å²) in [4.78, 5) is 27.2. The third-order valence-electron chi connectivity index (χ3n) is 3.15. The van der Waals surface area contributed by atoms with E-state index in [2.05, 4.69) is 4.99 Å². The zero-order valence-electron chi connectivity index (χ0n) is 10.9. The van der Waals surface area contributed by atoms with Crippen molar-refractivity contribution in [2.45, 2.75) is 0 Å². The van der Waals surface area contributed by atoms with Crippen molar-refractivity contribution in [3.63, 3.8) is 0 Å². The Hall–Kier alpha value is -3.10. The van der Waals surface area contributed by atoms with Crippen LogP contribution in [0.4, 0.5) is 5.69 Å². The number of nitrogens with two attached hydrogens (primary N) is 1. The van der Waals surface area contributed by atoms with Gasteiger partial charge in [-0.15, -0.1) is 0 Å². The highest BCUT2D eigenvalue weighted by Crippen LogP contribution is 2.39. The van der Waals surface area contributed by atoms with E-state index < -0.39 is 10.8 Å². The number of hydrogen-bond acceptors (Lipinski definition) is 7. The second-order valence-electron chi connectivity index (χ2n) is 4.39. The van der Waals surface area contributed by atoms with Gasteiger partial charge in [-0.1, -0.05) is 0 Å². The molecule has 0 aliphatic carbocycles. The minimum atomic E-state index is -0.558. The van der Waals surface area contributed by atoms with Crippen LogP contribution in [-0.2, 0) is 4.79 Å². The molecule has 2 aliphatic heterocycles. The lowest BCUT2D eigenvalue weighted by atomic mass is 10.1. The molecule has 1 aromatic rings. The smallest absolute Gasteiger partial charge is 0.296 e. The summed E-state index contributed by atoms with van der Waals surface area (Å²) in [6, 6.07) is 2.71. The first kappa shape index (κ1) is 12.9. The minimum absolute atomic E-state index is 0.00139. The molecule has 0 fully saturated rings. The lowest BCUT2D eigenvalue weighted by Crippen LogP contribution is -2.28. The van der Waals surface area contributed by atoms with Gasteiger partial charge in [-0.05, 0) is 12.1 Å². The molecule has 0 saturated heterocycles. The molecule has 0 unspecified atom stereocenters. The summed E-state index contributed by atoms with van der Waals surface area (Å²) in [5.74, 6) is 0.164. The number of aliphatic imine (C=N–C) groups is 1. The molecule has 1 aromatic carbocycles. The van der Waals surface area contributed by atoms with Gasteiger partial charge in [0.05, 0.1) is 16.6 Å². The standard InChI is InChI=1S/C12H10N4O5/c1-15-8(11(17)14-12(15)13)2-6-3-9-10(21-5-20-9)4-7(6)16(18)19/h2-4H,5H2,1H3,(H2,13,14,17)/b8-2-. The normalized spacial score (nSPS) is 18.3. The number of ether oxygens (including phenoxy) is 2. The van der Waals surface area contributed by atoms with E-state index in [1.165, 1.54) is 23.1 Å². The summed E-state index contributed by atoms with van der Waals surface area (Å²) in [5.41, 5.74) is 5.70. The number of likely N-dealkylation sites (N-methyl/N-ethyl adjacent to an activating group) is 1. The number of nitrogens with zero attached hydrogens (tertiary/aromatic N) is 3. The maximum atomic E-state index is 11.7. The first-order valence-electron chi connectivity index (χ1n) is 5.89. The Bertz CT molecular complexity index is 725. The third kappa shape index (κ3) is 2.04. The zero-order chi connectivity index (χ0) is 15.1. The van der Waals surface area contributed by atoms with E-state index in [4.69, 9.17) is 15.2 Å². The van der Waals surface area contributed by atoms with E-state index in [0.29, 0.717) is 11.5 Å². The van der Waals surface area contributed by atoms with Crippen LogP contribution in [0.2, 0.25) is 0 Å². The van der Waals surface area contributed by atoms with Crippen LogP contribution in [0.3, 0.4) is 0 Å². The summed E-state index contributed by atoms with van der Waals surface area (Å²) in [6.07, 6.45) is 1.35.